The van der Waals surface area contributed by atoms with Crippen LogP contribution in [0, 0.1) is 10.1 Å². The third kappa shape index (κ3) is 2.78. The lowest BCUT2D eigenvalue weighted by Gasteiger charge is -2.26. The van der Waals surface area contributed by atoms with E-state index in [9.17, 15) is 14.9 Å². The van der Waals surface area contributed by atoms with Gasteiger partial charge >= 0.3 is 5.82 Å². The minimum atomic E-state index is -0.588. The fraction of sp³-hybridized carbons (Fsp3) is 0.556. The van der Waals surface area contributed by atoms with Crippen LogP contribution in [0.4, 0.5) is 5.82 Å². The molecule has 92 valence electrons. The lowest BCUT2D eigenvalue weighted by atomic mass is 10.4. The van der Waals surface area contributed by atoms with Gasteiger partial charge in [-0.2, -0.15) is 0 Å². The molecule has 0 aromatic carbocycles. The Labute approximate surface area is 96.9 Å². The van der Waals surface area contributed by atoms with Gasteiger partial charge in [-0.15, -0.1) is 0 Å². The molecule has 0 bridgehead atoms. The second-order valence-corrected chi connectivity index (χ2v) is 3.65. The van der Waals surface area contributed by atoms with E-state index in [2.05, 4.69) is 4.98 Å². The van der Waals surface area contributed by atoms with Crippen molar-refractivity contribution in [2.24, 2.45) is 0 Å². The van der Waals surface area contributed by atoms with Gasteiger partial charge in [-0.25, -0.2) is 0 Å². The molecule has 0 radical (unpaired) electrons. The van der Waals surface area contributed by atoms with Crippen molar-refractivity contribution in [3.8, 4) is 0 Å². The van der Waals surface area contributed by atoms with E-state index in [4.69, 9.17) is 4.74 Å². The Morgan fingerprint density at radius 2 is 2.24 bits per heavy atom. The van der Waals surface area contributed by atoms with Crippen molar-refractivity contribution in [1.82, 2.24) is 14.5 Å². The molecule has 1 saturated heterocycles. The number of amides is 1. The first kappa shape index (κ1) is 11.5. The molecule has 0 spiro atoms. The number of rotatable bonds is 3. The third-order valence-corrected chi connectivity index (χ3v) is 2.49. The van der Waals surface area contributed by atoms with Gasteiger partial charge in [-0.05, 0) is 9.91 Å². The Balaban J connectivity index is 1.94. The van der Waals surface area contributed by atoms with Crippen molar-refractivity contribution >= 4 is 11.7 Å². The van der Waals surface area contributed by atoms with Crippen molar-refractivity contribution in [3.05, 3.63) is 22.6 Å². The van der Waals surface area contributed by atoms with Gasteiger partial charge in [0, 0.05) is 13.1 Å². The first-order valence-corrected chi connectivity index (χ1v) is 5.18. The largest absolute Gasteiger partial charge is 0.381 e. The molecule has 0 atom stereocenters. The van der Waals surface area contributed by atoms with Crippen molar-refractivity contribution in [2.45, 2.75) is 6.54 Å². The van der Waals surface area contributed by atoms with E-state index in [1.165, 1.54) is 17.1 Å². The summed E-state index contributed by atoms with van der Waals surface area (Å²) >= 11 is 0. The molecule has 0 saturated carbocycles. The average Bonchev–Trinajstić information content (AvgIpc) is 2.79. The Hall–Kier alpha value is -1.96. The SMILES string of the molecule is O=C(Cn1cnc([N+](=O)[O-])c1)N1CCOCC1. The van der Waals surface area contributed by atoms with E-state index >= 15 is 0 Å². The number of hydrogen-bond acceptors (Lipinski definition) is 5. The van der Waals surface area contributed by atoms with E-state index in [0.29, 0.717) is 26.3 Å². The number of carbonyl (C=O) groups is 1. The summed E-state index contributed by atoms with van der Waals surface area (Å²) in [6, 6.07) is 0. The molecule has 8 nitrogen and oxygen atoms in total. The molecule has 0 unspecified atom stereocenters. The monoisotopic (exact) mass is 240 g/mol. The maximum atomic E-state index is 11.8. The van der Waals surface area contributed by atoms with Crippen LogP contribution in [0.15, 0.2) is 12.5 Å². The van der Waals surface area contributed by atoms with E-state index in [0.717, 1.165) is 0 Å². The average molecular weight is 240 g/mol. The van der Waals surface area contributed by atoms with Crippen LogP contribution in [-0.4, -0.2) is 51.6 Å². The zero-order valence-corrected chi connectivity index (χ0v) is 9.11. The van der Waals surface area contributed by atoms with Gasteiger partial charge in [-0.1, -0.05) is 0 Å². The van der Waals surface area contributed by atoms with E-state index in [1.54, 1.807) is 4.90 Å². The second-order valence-electron chi connectivity index (χ2n) is 3.65. The van der Waals surface area contributed by atoms with Gasteiger partial charge in [0.2, 0.25) is 12.2 Å². The Morgan fingerprint density at radius 1 is 1.53 bits per heavy atom. The van der Waals surface area contributed by atoms with Crippen molar-refractivity contribution in [1.29, 1.82) is 0 Å². The van der Waals surface area contributed by atoms with Crippen LogP contribution >= 0.6 is 0 Å². The minimum absolute atomic E-state index is 0.0703. The maximum Gasteiger partial charge on any atom is 0.381 e. The molecule has 17 heavy (non-hydrogen) atoms. The standard InChI is InChI=1S/C9H12N4O4/c14-9(12-1-3-17-4-2-12)6-11-5-8(10-7-11)13(15)16/h5,7H,1-4,6H2. The van der Waals surface area contributed by atoms with Crippen LogP contribution in [-0.2, 0) is 16.1 Å². The van der Waals surface area contributed by atoms with Crippen molar-refractivity contribution in [2.75, 3.05) is 26.3 Å². The molecule has 1 aliphatic rings. The number of imidazole rings is 1. The predicted molar refractivity (Wildman–Crippen MR) is 56.3 cm³/mol. The molecule has 2 heterocycles. The van der Waals surface area contributed by atoms with E-state index < -0.39 is 4.92 Å². The van der Waals surface area contributed by atoms with E-state index in [-0.39, 0.29) is 18.3 Å². The van der Waals surface area contributed by atoms with Crippen molar-refractivity contribution < 1.29 is 14.5 Å². The number of ether oxygens (including phenoxy) is 1. The molecule has 0 N–H and O–H groups in total. The zero-order valence-electron chi connectivity index (χ0n) is 9.11. The summed E-state index contributed by atoms with van der Waals surface area (Å²) in [7, 11) is 0. The highest BCUT2D eigenvalue weighted by Gasteiger charge is 2.18. The van der Waals surface area contributed by atoms with Crippen LogP contribution in [0.5, 0.6) is 0 Å². The van der Waals surface area contributed by atoms with Gasteiger partial charge in [0.25, 0.3) is 0 Å². The summed E-state index contributed by atoms with van der Waals surface area (Å²) in [5.74, 6) is -0.333. The van der Waals surface area contributed by atoms with Crippen LogP contribution in [0.2, 0.25) is 0 Å². The molecule has 1 amide bonds. The van der Waals surface area contributed by atoms with Gasteiger partial charge in [0.15, 0.2) is 0 Å². The molecule has 8 heteroatoms. The zero-order chi connectivity index (χ0) is 12.3. The summed E-state index contributed by atoms with van der Waals surface area (Å²) in [6.45, 7) is 2.28. The Kier molecular flexibility index (Phi) is 3.33. The summed E-state index contributed by atoms with van der Waals surface area (Å²) in [4.78, 5) is 26.9. The highest BCUT2D eigenvalue weighted by Crippen LogP contribution is 2.06. The van der Waals surface area contributed by atoms with Gasteiger partial charge in [0.05, 0.1) is 13.2 Å². The molecule has 1 aromatic rings. The molecule has 2 rings (SSSR count). The van der Waals surface area contributed by atoms with Crippen molar-refractivity contribution in [3.63, 3.8) is 0 Å². The molecular weight excluding hydrogens is 228 g/mol. The summed E-state index contributed by atoms with van der Waals surface area (Å²) in [5, 5.41) is 10.4. The lowest BCUT2D eigenvalue weighted by molar-refractivity contribution is -0.389. The minimum Gasteiger partial charge on any atom is -0.378 e. The first-order chi connectivity index (χ1) is 8.16. The molecule has 1 aromatic heterocycles. The smallest absolute Gasteiger partial charge is 0.378 e. The number of carbonyl (C=O) groups excluding carboxylic acids is 1. The molecule has 0 aliphatic carbocycles. The second kappa shape index (κ2) is 4.91. The summed E-state index contributed by atoms with van der Waals surface area (Å²) in [6.07, 6.45) is 2.54. The van der Waals surface area contributed by atoms with E-state index in [1.807, 2.05) is 0 Å². The van der Waals surface area contributed by atoms with Gasteiger partial charge in [0.1, 0.15) is 12.7 Å². The molecular formula is C9H12N4O4. The predicted octanol–water partition coefficient (Wildman–Crippen LogP) is -0.350. The van der Waals surface area contributed by atoms with Crippen LogP contribution in [0.25, 0.3) is 0 Å². The Morgan fingerprint density at radius 3 is 2.82 bits per heavy atom. The fourth-order valence-electron chi connectivity index (χ4n) is 1.60. The van der Waals surface area contributed by atoms with Crippen LogP contribution in [0.3, 0.4) is 0 Å². The number of hydrogen-bond donors (Lipinski definition) is 0. The lowest BCUT2D eigenvalue weighted by Crippen LogP contribution is -2.42. The topological polar surface area (TPSA) is 90.5 Å². The first-order valence-electron chi connectivity index (χ1n) is 5.18. The van der Waals surface area contributed by atoms with Gasteiger partial charge < -0.3 is 24.3 Å². The normalized spacial score (nSPS) is 15.9. The fourth-order valence-corrected chi connectivity index (χ4v) is 1.60. The Bertz CT molecular complexity index is 424. The quantitative estimate of drug-likeness (QED) is 0.532. The summed E-state index contributed by atoms with van der Waals surface area (Å²) < 4.78 is 6.55. The maximum absolute atomic E-state index is 11.8. The third-order valence-electron chi connectivity index (χ3n) is 2.49. The number of nitro groups is 1. The summed E-state index contributed by atoms with van der Waals surface area (Å²) in [5.41, 5.74) is 0. The number of morpholine rings is 1. The highest BCUT2D eigenvalue weighted by atomic mass is 16.6. The molecule has 1 aliphatic heterocycles. The highest BCUT2D eigenvalue weighted by molar-refractivity contribution is 5.76. The van der Waals surface area contributed by atoms with Crippen LogP contribution in [0.1, 0.15) is 0 Å². The number of nitrogens with zero attached hydrogens (tertiary/aromatic N) is 4. The van der Waals surface area contributed by atoms with Gasteiger partial charge in [-0.3, -0.25) is 4.79 Å². The molecule has 1 fully saturated rings. The van der Waals surface area contributed by atoms with Crippen LogP contribution < -0.4 is 0 Å². The number of aromatic nitrogens is 2.